The van der Waals surface area contributed by atoms with Crippen LogP contribution in [-0.4, -0.2) is 37.7 Å². The van der Waals surface area contributed by atoms with Gasteiger partial charge < -0.3 is 16.4 Å². The van der Waals surface area contributed by atoms with Gasteiger partial charge in [0.15, 0.2) is 0 Å². The Morgan fingerprint density at radius 1 is 0.600 bits per heavy atom. The molecule has 0 aliphatic rings. The van der Waals surface area contributed by atoms with Gasteiger partial charge in [-0.15, -0.1) is 0 Å². The van der Waals surface area contributed by atoms with Crippen LogP contribution in [0.5, 0.6) is 0 Å². The van der Waals surface area contributed by atoms with Crippen molar-refractivity contribution in [2.75, 3.05) is 0 Å². The molecule has 0 saturated carbocycles. The molecule has 0 atom stereocenters. The predicted octanol–water partition coefficient (Wildman–Crippen LogP) is -0.740. The van der Waals surface area contributed by atoms with E-state index < -0.39 is 0 Å². The van der Waals surface area contributed by atoms with Crippen LogP contribution < -0.4 is 0 Å². The maximum absolute atomic E-state index is 0. The summed E-state index contributed by atoms with van der Waals surface area (Å²) in [6.07, 6.45) is 0. The van der Waals surface area contributed by atoms with Crippen molar-refractivity contribution in [1.82, 2.24) is 0 Å². The van der Waals surface area contributed by atoms with E-state index in [4.69, 9.17) is 0 Å². The van der Waals surface area contributed by atoms with Crippen molar-refractivity contribution in [2.24, 2.45) is 0 Å². The molecule has 5 heteroatoms. The summed E-state index contributed by atoms with van der Waals surface area (Å²) >= 11 is 0. The molecule has 0 heterocycles. The van der Waals surface area contributed by atoms with Crippen LogP contribution in [0.4, 0.5) is 0 Å². The Labute approximate surface area is 74.3 Å². The molecule has 0 aliphatic carbocycles. The van der Waals surface area contributed by atoms with Gasteiger partial charge in [-0.3, -0.25) is 0 Å². The summed E-state index contributed by atoms with van der Waals surface area (Å²) in [5.41, 5.74) is 0. The van der Waals surface area contributed by atoms with E-state index in [2.05, 4.69) is 0 Å². The van der Waals surface area contributed by atoms with Gasteiger partial charge in [0, 0.05) is 0 Å². The summed E-state index contributed by atoms with van der Waals surface area (Å²) < 4.78 is 0. The van der Waals surface area contributed by atoms with Gasteiger partial charge in [0.1, 0.15) is 0 Å². The molecule has 0 N–H and O–H groups in total. The number of hydrogen-bond donors (Lipinski definition) is 0. The predicted molar refractivity (Wildman–Crippen MR) is 7.81 cm³/mol. The van der Waals surface area contributed by atoms with E-state index in [-0.39, 0.29) is 75.2 Å². The van der Waals surface area contributed by atoms with Gasteiger partial charge >= 0.3 is 58.8 Å². The van der Waals surface area contributed by atoms with Crippen LogP contribution >= 0.6 is 0 Å². The normalized spacial score (nSPS) is 0. The number of hydrogen-bond acceptors (Lipinski definition) is 0. The van der Waals surface area contributed by atoms with Crippen molar-refractivity contribution in [3.63, 3.8) is 0 Å². The molecule has 0 aromatic rings. The Morgan fingerprint density at radius 2 is 0.600 bits per heavy atom. The Kier molecular flexibility index (Phi) is 564. The second-order valence-corrected chi connectivity index (χ2v) is 0. The first-order valence-corrected chi connectivity index (χ1v) is 0. The summed E-state index contributed by atoms with van der Waals surface area (Å²) in [7, 11) is 0. The third-order valence-corrected chi connectivity index (χ3v) is 0. The minimum absolute atomic E-state index is 0. The zero-order valence-corrected chi connectivity index (χ0v) is 6.56. The third kappa shape index (κ3) is 25.6. The van der Waals surface area contributed by atoms with E-state index in [1.165, 1.54) is 0 Å². The molecule has 0 fully saturated rings. The molecule has 5 heavy (non-hydrogen) atoms. The maximum atomic E-state index is 0. The summed E-state index contributed by atoms with van der Waals surface area (Å²) in [5, 5.41) is 0. The largest absolute Gasteiger partial charge is 4.00 e. The van der Waals surface area contributed by atoms with E-state index in [9.17, 15) is 0 Å². The molecule has 0 radical (unpaired) electrons. The monoisotopic (exact) mass is 186 g/mol. The van der Waals surface area contributed by atoms with Crippen LogP contribution in [-0.2, 0) is 37.5 Å². The summed E-state index contributed by atoms with van der Waals surface area (Å²) in [5.74, 6) is 0. The first-order chi connectivity index (χ1) is 0. The molecule has 0 aromatic heterocycles. The fourth-order valence-corrected chi connectivity index (χ4v) is 0. The van der Waals surface area contributed by atoms with E-state index >= 15 is 0 Å². The quantitative estimate of drug-likeness (QED) is 0.444. The molecule has 0 spiro atoms. The Balaban J connectivity index is 0. The molecule has 3 nitrogen and oxygen atoms in total. The van der Waals surface area contributed by atoms with Crippen LogP contribution in [0.3, 0.4) is 0 Å². The van der Waals surface area contributed by atoms with Crippen molar-refractivity contribution in [2.45, 2.75) is 0 Å². The average Bonchev–Trinajstić information content (AvgIpc) is 0. The number of rotatable bonds is 0. The minimum Gasteiger partial charge on any atom is -2.00 e. The Bertz CT molecular complexity index is 6.85. The summed E-state index contributed by atoms with van der Waals surface area (Å²) in [6.45, 7) is 0. The molecule has 0 aliphatic heterocycles. The van der Waals surface area contributed by atoms with Gasteiger partial charge in [-0.1, -0.05) is 0 Å². The van der Waals surface area contributed by atoms with Gasteiger partial charge in [0.05, 0.1) is 0 Å². The summed E-state index contributed by atoms with van der Waals surface area (Å²) in [4.78, 5) is 0. The van der Waals surface area contributed by atoms with E-state index in [0.29, 0.717) is 0 Å². The minimum atomic E-state index is 0. The molecule has 0 amide bonds. The second kappa shape index (κ2) is 40.7. The van der Waals surface area contributed by atoms with Gasteiger partial charge in [-0.25, -0.2) is 0 Å². The molecule has 0 rings (SSSR count). The van der Waals surface area contributed by atoms with Crippen LogP contribution in [0.25, 0.3) is 0 Å². The third-order valence-electron chi connectivity index (χ3n) is 0. The van der Waals surface area contributed by atoms with Crippen LogP contribution in [0, 0.1) is 0 Å². The topological polar surface area (TPSA) is 85.5 Å². The van der Waals surface area contributed by atoms with Gasteiger partial charge in [-0.05, 0) is 0 Å². The van der Waals surface area contributed by atoms with Crippen LogP contribution in [0.2, 0.25) is 0 Å². The Hall–Kier alpha value is 1.83. The molecule has 0 saturated heterocycles. The van der Waals surface area contributed by atoms with E-state index in [0.717, 1.165) is 0 Å². The van der Waals surface area contributed by atoms with Crippen LogP contribution in [0.1, 0.15) is 0 Å². The molecule has 26 valence electrons. The fraction of sp³-hybridized carbons (Fsp3) is 0. The van der Waals surface area contributed by atoms with Crippen molar-refractivity contribution in [3.05, 3.63) is 0 Å². The fourth-order valence-electron chi connectivity index (χ4n) is 0. The zero-order chi connectivity index (χ0) is 0. The second-order valence-electron chi connectivity index (χ2n) is 0. The standard InChI is InChI=1S/Ca.Mo.3O/q+2;+4;3*-2. The SMILES string of the molecule is [Ca+2].[Mo+4].[O-2].[O-2].[O-2]. The molecular formula is CaMoO3. The first kappa shape index (κ1) is 69.4. The van der Waals surface area contributed by atoms with Crippen molar-refractivity contribution >= 4 is 37.7 Å². The van der Waals surface area contributed by atoms with E-state index in [1.807, 2.05) is 0 Å². The van der Waals surface area contributed by atoms with Crippen molar-refractivity contribution in [1.29, 1.82) is 0 Å². The maximum Gasteiger partial charge on any atom is 4.00 e. The smallest absolute Gasteiger partial charge is 2.00 e. The average molecular weight is 184 g/mol. The van der Waals surface area contributed by atoms with Gasteiger partial charge in [-0.2, -0.15) is 0 Å². The molecule has 0 unspecified atom stereocenters. The van der Waals surface area contributed by atoms with Crippen LogP contribution in [0.15, 0.2) is 0 Å². The Morgan fingerprint density at radius 3 is 0.600 bits per heavy atom. The van der Waals surface area contributed by atoms with Crippen molar-refractivity contribution < 1.29 is 37.5 Å². The zero-order valence-electron chi connectivity index (χ0n) is 2.34. The van der Waals surface area contributed by atoms with Gasteiger partial charge in [0.25, 0.3) is 0 Å². The summed E-state index contributed by atoms with van der Waals surface area (Å²) in [6, 6.07) is 0. The molecular weight excluding hydrogens is 184 g/mol. The first-order valence-electron chi connectivity index (χ1n) is 0. The van der Waals surface area contributed by atoms with E-state index in [1.54, 1.807) is 0 Å². The van der Waals surface area contributed by atoms with Crippen molar-refractivity contribution in [3.8, 4) is 0 Å². The molecule has 0 aromatic carbocycles. The van der Waals surface area contributed by atoms with Gasteiger partial charge in [0.2, 0.25) is 0 Å². The molecule has 0 bridgehead atoms.